The van der Waals surface area contributed by atoms with Gasteiger partial charge in [-0.25, -0.2) is 9.18 Å². The number of esters is 1. The van der Waals surface area contributed by atoms with Gasteiger partial charge in [-0.1, -0.05) is 0 Å². The molecule has 104 valence electrons. The molecule has 0 heterocycles. The number of nitrogens with two attached hydrogens (primary N) is 1. The van der Waals surface area contributed by atoms with E-state index in [1.165, 1.54) is 11.0 Å². The molecule has 1 amide bonds. The van der Waals surface area contributed by atoms with Crippen molar-refractivity contribution in [3.05, 3.63) is 28.0 Å². The second-order valence-electron chi connectivity index (χ2n) is 4.03. The number of carbonyl (C=O) groups is 2. The minimum atomic E-state index is -0.662. The Morgan fingerprint density at radius 3 is 2.63 bits per heavy atom. The van der Waals surface area contributed by atoms with Gasteiger partial charge in [0.05, 0.1) is 17.7 Å². The molecule has 0 atom stereocenters. The average Bonchev–Trinajstić information content (AvgIpc) is 2.33. The van der Waals surface area contributed by atoms with Gasteiger partial charge >= 0.3 is 5.97 Å². The predicted molar refractivity (Wildman–Crippen MR) is 72.1 cm³/mol. The number of anilines is 1. The van der Waals surface area contributed by atoms with Crippen molar-refractivity contribution in [2.75, 3.05) is 26.4 Å². The fourth-order valence-electron chi connectivity index (χ4n) is 1.25. The van der Waals surface area contributed by atoms with Crippen LogP contribution in [-0.2, 0) is 9.53 Å². The van der Waals surface area contributed by atoms with Crippen LogP contribution in [0.4, 0.5) is 10.1 Å². The summed E-state index contributed by atoms with van der Waals surface area (Å²) in [7, 11) is 3.23. The lowest BCUT2D eigenvalue weighted by molar-refractivity contribution is -0.129. The molecule has 1 rings (SSSR count). The molecular formula is C12H14BrFN2O3. The summed E-state index contributed by atoms with van der Waals surface area (Å²) in [5, 5.41) is 0. The average molecular weight is 333 g/mol. The number of hydrogen-bond donors (Lipinski definition) is 1. The summed E-state index contributed by atoms with van der Waals surface area (Å²) in [6.07, 6.45) is 0.0903. The Morgan fingerprint density at radius 2 is 2.05 bits per heavy atom. The monoisotopic (exact) mass is 332 g/mol. The maximum atomic E-state index is 13.1. The van der Waals surface area contributed by atoms with Gasteiger partial charge in [-0.3, -0.25) is 4.79 Å². The number of nitrogen functional groups attached to an aromatic ring is 1. The minimum Gasteiger partial charge on any atom is -0.462 e. The van der Waals surface area contributed by atoms with Gasteiger partial charge in [0.2, 0.25) is 5.91 Å². The van der Waals surface area contributed by atoms with E-state index < -0.39 is 11.8 Å². The van der Waals surface area contributed by atoms with Gasteiger partial charge in [-0.05, 0) is 28.1 Å². The molecule has 0 bridgehead atoms. The van der Waals surface area contributed by atoms with E-state index in [4.69, 9.17) is 10.5 Å². The number of rotatable bonds is 4. The van der Waals surface area contributed by atoms with Crippen molar-refractivity contribution < 1.29 is 18.7 Å². The van der Waals surface area contributed by atoms with Crippen molar-refractivity contribution in [3.63, 3.8) is 0 Å². The Hall–Kier alpha value is -1.63. The van der Waals surface area contributed by atoms with Crippen LogP contribution >= 0.6 is 15.9 Å². The van der Waals surface area contributed by atoms with Crippen molar-refractivity contribution in [2.24, 2.45) is 0 Å². The standard InChI is InChI=1S/C12H14BrFN2O3/c1-16(2)11(17)3-4-19-12(18)7-5-10(15)9(14)6-8(7)13/h5-6H,3-4,15H2,1-2H3. The number of halogens is 2. The van der Waals surface area contributed by atoms with E-state index >= 15 is 0 Å². The molecule has 0 aromatic heterocycles. The van der Waals surface area contributed by atoms with Crippen LogP contribution in [0, 0.1) is 5.82 Å². The molecule has 0 saturated carbocycles. The highest BCUT2D eigenvalue weighted by molar-refractivity contribution is 9.10. The van der Waals surface area contributed by atoms with Gasteiger partial charge in [0, 0.05) is 18.6 Å². The van der Waals surface area contributed by atoms with Gasteiger partial charge in [0.1, 0.15) is 12.4 Å². The van der Waals surface area contributed by atoms with Crippen LogP contribution in [0.3, 0.4) is 0 Å². The molecule has 1 aromatic rings. The third-order valence-electron chi connectivity index (χ3n) is 2.35. The summed E-state index contributed by atoms with van der Waals surface area (Å²) in [6.45, 7) is -0.0421. The van der Waals surface area contributed by atoms with E-state index in [2.05, 4.69) is 15.9 Å². The zero-order valence-corrected chi connectivity index (χ0v) is 12.2. The van der Waals surface area contributed by atoms with Gasteiger partial charge in [0.15, 0.2) is 0 Å². The zero-order chi connectivity index (χ0) is 14.6. The number of benzene rings is 1. The van der Waals surface area contributed by atoms with Crippen LogP contribution in [0.2, 0.25) is 0 Å². The lowest BCUT2D eigenvalue weighted by Crippen LogP contribution is -2.23. The lowest BCUT2D eigenvalue weighted by Gasteiger charge is -2.11. The molecule has 5 nitrogen and oxygen atoms in total. The normalized spacial score (nSPS) is 10.1. The van der Waals surface area contributed by atoms with E-state index in [1.807, 2.05) is 0 Å². The van der Waals surface area contributed by atoms with E-state index in [1.54, 1.807) is 14.1 Å². The Kier molecular flexibility index (Phi) is 5.29. The first-order valence-electron chi connectivity index (χ1n) is 5.44. The first kappa shape index (κ1) is 15.4. The highest BCUT2D eigenvalue weighted by Crippen LogP contribution is 2.23. The summed E-state index contributed by atoms with van der Waals surface area (Å²) in [4.78, 5) is 24.4. The van der Waals surface area contributed by atoms with Gasteiger partial charge in [-0.15, -0.1) is 0 Å². The number of amides is 1. The smallest absolute Gasteiger partial charge is 0.339 e. The van der Waals surface area contributed by atoms with Gasteiger partial charge < -0.3 is 15.4 Å². The fraction of sp³-hybridized carbons (Fsp3) is 0.333. The summed E-state index contributed by atoms with van der Waals surface area (Å²) < 4.78 is 18.3. The maximum absolute atomic E-state index is 13.1. The number of nitrogens with zero attached hydrogens (tertiary/aromatic N) is 1. The maximum Gasteiger partial charge on any atom is 0.339 e. The van der Waals surface area contributed by atoms with E-state index in [0.29, 0.717) is 0 Å². The summed E-state index contributed by atoms with van der Waals surface area (Å²) in [6, 6.07) is 2.28. The second-order valence-corrected chi connectivity index (χ2v) is 4.88. The topological polar surface area (TPSA) is 72.6 Å². The van der Waals surface area contributed by atoms with Gasteiger partial charge in [0.25, 0.3) is 0 Å². The highest BCUT2D eigenvalue weighted by atomic mass is 79.9. The molecule has 0 unspecified atom stereocenters. The third kappa shape index (κ3) is 4.20. The first-order chi connectivity index (χ1) is 8.82. The zero-order valence-electron chi connectivity index (χ0n) is 10.6. The van der Waals surface area contributed by atoms with Crippen molar-refractivity contribution >= 4 is 33.5 Å². The van der Waals surface area contributed by atoms with Crippen molar-refractivity contribution in [2.45, 2.75) is 6.42 Å². The fourth-order valence-corrected chi connectivity index (χ4v) is 1.73. The summed E-state index contributed by atoms with van der Waals surface area (Å²) in [5.74, 6) is -1.43. The van der Waals surface area contributed by atoms with Crippen LogP contribution < -0.4 is 5.73 Å². The molecule has 0 fully saturated rings. The molecule has 0 aliphatic carbocycles. The Bertz CT molecular complexity index is 506. The van der Waals surface area contributed by atoms with Crippen molar-refractivity contribution in [1.82, 2.24) is 4.90 Å². The number of carbonyl (C=O) groups excluding carboxylic acids is 2. The Morgan fingerprint density at radius 1 is 1.42 bits per heavy atom. The van der Waals surface area contributed by atoms with Crippen LogP contribution in [0.1, 0.15) is 16.8 Å². The summed E-state index contributed by atoms with van der Waals surface area (Å²) in [5.41, 5.74) is 5.36. The molecule has 0 aliphatic rings. The third-order valence-corrected chi connectivity index (χ3v) is 3.01. The molecule has 1 aromatic carbocycles. The molecule has 0 aliphatic heterocycles. The summed E-state index contributed by atoms with van der Waals surface area (Å²) >= 11 is 3.05. The molecule has 19 heavy (non-hydrogen) atoms. The van der Waals surface area contributed by atoms with Crippen LogP contribution in [0.25, 0.3) is 0 Å². The largest absolute Gasteiger partial charge is 0.462 e. The lowest BCUT2D eigenvalue weighted by atomic mass is 10.2. The van der Waals surface area contributed by atoms with Crippen LogP contribution in [0.5, 0.6) is 0 Å². The number of ether oxygens (including phenoxy) is 1. The Balaban J connectivity index is 2.64. The second kappa shape index (κ2) is 6.51. The van der Waals surface area contributed by atoms with E-state index in [-0.39, 0.29) is 34.7 Å². The molecule has 7 heteroatoms. The molecule has 0 saturated heterocycles. The van der Waals surface area contributed by atoms with Crippen LogP contribution in [-0.4, -0.2) is 37.5 Å². The van der Waals surface area contributed by atoms with Crippen molar-refractivity contribution in [1.29, 1.82) is 0 Å². The molecule has 2 N–H and O–H groups in total. The predicted octanol–water partition coefficient (Wildman–Crippen LogP) is 1.81. The molecular weight excluding hydrogens is 319 g/mol. The van der Waals surface area contributed by atoms with Crippen molar-refractivity contribution in [3.8, 4) is 0 Å². The minimum absolute atomic E-state index is 0.0421. The SMILES string of the molecule is CN(C)C(=O)CCOC(=O)c1cc(N)c(F)cc1Br. The Labute approximate surface area is 118 Å². The first-order valence-corrected chi connectivity index (χ1v) is 6.24. The van der Waals surface area contributed by atoms with Gasteiger partial charge in [-0.2, -0.15) is 0 Å². The van der Waals surface area contributed by atoms with Crippen LogP contribution in [0.15, 0.2) is 16.6 Å². The van der Waals surface area contributed by atoms with E-state index in [0.717, 1.165) is 6.07 Å². The highest BCUT2D eigenvalue weighted by Gasteiger charge is 2.15. The number of hydrogen-bond acceptors (Lipinski definition) is 4. The molecule has 0 radical (unpaired) electrons. The molecule has 0 spiro atoms. The quantitative estimate of drug-likeness (QED) is 0.674. The van der Waals surface area contributed by atoms with E-state index in [9.17, 15) is 14.0 Å².